The van der Waals surface area contributed by atoms with Crippen molar-refractivity contribution in [2.24, 2.45) is 0 Å². The van der Waals surface area contributed by atoms with Gasteiger partial charge in [0.15, 0.2) is 12.2 Å². The number of rotatable bonds is 18. The number of fused-ring (bicyclic) bond motifs is 2. The number of allylic oxidation sites excluding steroid dienone is 5. The zero-order chi connectivity index (χ0) is 39.4. The smallest absolute Gasteiger partial charge is 0.262 e. The molecule has 0 spiro atoms. The van der Waals surface area contributed by atoms with Gasteiger partial charge in [0.25, 0.3) is 5.01 Å². The first kappa shape index (κ1) is 40.8. The average Bonchev–Trinajstić information content (AvgIpc) is 3.92. The summed E-state index contributed by atoms with van der Waals surface area (Å²) in [7, 11) is 0. The Hall–Kier alpha value is -4.37. The number of nitrogens with zero attached hydrogens (tertiary/aromatic N) is 4. The first-order valence-corrected chi connectivity index (χ1v) is 21.9. The van der Waals surface area contributed by atoms with E-state index in [0.29, 0.717) is 23.7 Å². The van der Waals surface area contributed by atoms with Crippen LogP contribution in [-0.4, -0.2) is 28.6 Å². The number of hydrogen-bond acceptors (Lipinski definition) is 12. The highest BCUT2D eigenvalue weighted by Crippen LogP contribution is 2.47. The molecule has 0 atom stereocenters. The van der Waals surface area contributed by atoms with Crippen LogP contribution >= 0.6 is 47.2 Å². The van der Waals surface area contributed by atoms with E-state index in [9.17, 15) is 0 Å². The molecule has 1 aromatic heterocycles. The molecule has 0 bridgehead atoms. The number of aromatic nitrogens is 1. The van der Waals surface area contributed by atoms with E-state index in [1.165, 1.54) is 27.3 Å². The fourth-order valence-corrected chi connectivity index (χ4v) is 9.84. The van der Waals surface area contributed by atoms with Crippen molar-refractivity contribution < 1.29 is 33.8 Å². The van der Waals surface area contributed by atoms with Crippen molar-refractivity contribution in [3.05, 3.63) is 159 Å². The quantitative estimate of drug-likeness (QED) is 0.0221. The van der Waals surface area contributed by atoms with Crippen LogP contribution in [0.15, 0.2) is 142 Å². The Morgan fingerprint density at radius 2 is 1.58 bits per heavy atom. The lowest BCUT2D eigenvalue weighted by molar-refractivity contribution is -0.668. The van der Waals surface area contributed by atoms with Crippen molar-refractivity contribution in [2.45, 2.75) is 44.0 Å². The van der Waals surface area contributed by atoms with E-state index in [2.05, 4.69) is 136 Å². The van der Waals surface area contributed by atoms with E-state index < -0.39 is 0 Å². The van der Waals surface area contributed by atoms with Gasteiger partial charge < -0.3 is 9.80 Å². The summed E-state index contributed by atoms with van der Waals surface area (Å²) in [6, 6.07) is 33.5. The number of thiazole rings is 1. The van der Waals surface area contributed by atoms with Crippen LogP contribution in [0.3, 0.4) is 0 Å². The first-order valence-electron chi connectivity index (χ1n) is 18.4. The van der Waals surface area contributed by atoms with Crippen molar-refractivity contribution in [3.63, 3.8) is 0 Å². The molecule has 0 amide bonds. The zero-order valence-corrected chi connectivity index (χ0v) is 34.4. The molecular weight excluding hydrogens is 797 g/mol. The average molecular weight is 838 g/mol. The standard InChI is InChI=1S/C43H40N4O6S4/c1-31-15-21-39-37(29-31)45(25-9-27-54-52-50-48)41(56-39)23-18-32-16-17-33(43(32)47(35-11-5-3-6-12-35)36-13-7-4-8-14-36)19-24-42-46(26-10-28-55-53-51-49)38-30-34(44-2)20-22-40(38)57-42/h3-8,11-15,18-24,29-30H,9-10,16-17,25-28H2,1H3,(H-,48,49)/p+1. The number of aryl methyl sites for hydroxylation is 2. The second-order valence-electron chi connectivity index (χ2n) is 13.1. The summed E-state index contributed by atoms with van der Waals surface area (Å²) in [5.41, 5.74) is 9.79. The second kappa shape index (κ2) is 20.4. The maximum Gasteiger partial charge on any atom is 0.262 e. The van der Waals surface area contributed by atoms with Gasteiger partial charge in [0.2, 0.25) is 5.52 Å². The van der Waals surface area contributed by atoms with Crippen LogP contribution in [0.5, 0.6) is 0 Å². The van der Waals surface area contributed by atoms with Gasteiger partial charge in [-0.2, -0.15) is 4.57 Å². The van der Waals surface area contributed by atoms with E-state index in [0.717, 1.165) is 93.6 Å². The lowest BCUT2D eigenvalue weighted by Crippen LogP contribution is -2.35. The normalized spacial score (nSPS) is 15.4. The third kappa shape index (κ3) is 10.0. The summed E-state index contributed by atoms with van der Waals surface area (Å²) in [5, 5.41) is 26.9. The Bertz CT molecular complexity index is 2290. The Morgan fingerprint density at radius 1 is 0.860 bits per heavy atom. The van der Waals surface area contributed by atoms with Gasteiger partial charge >= 0.3 is 0 Å². The molecule has 0 fully saturated rings. The van der Waals surface area contributed by atoms with Gasteiger partial charge in [-0.3, -0.25) is 0 Å². The van der Waals surface area contributed by atoms with E-state index in [4.69, 9.17) is 17.1 Å². The highest BCUT2D eigenvalue weighted by molar-refractivity contribution is 8.03. The molecule has 292 valence electrons. The zero-order valence-electron chi connectivity index (χ0n) is 31.2. The van der Waals surface area contributed by atoms with Gasteiger partial charge in [-0.15, -0.1) is 8.67 Å². The minimum Gasteiger partial charge on any atom is -0.335 e. The molecule has 4 aromatic carbocycles. The summed E-state index contributed by atoms with van der Waals surface area (Å²) >= 11 is 5.61. The lowest BCUT2D eigenvalue weighted by Gasteiger charge is -2.28. The number of anilines is 3. The Labute approximate surface area is 349 Å². The highest BCUT2D eigenvalue weighted by Gasteiger charge is 2.28. The van der Waals surface area contributed by atoms with Crippen LogP contribution in [0.1, 0.15) is 36.3 Å². The molecule has 2 N–H and O–H groups in total. The summed E-state index contributed by atoms with van der Waals surface area (Å²) < 4.78 is 12.6. The van der Waals surface area contributed by atoms with Crippen molar-refractivity contribution in [1.29, 1.82) is 0 Å². The van der Waals surface area contributed by atoms with E-state index >= 15 is 0 Å². The molecule has 14 heteroatoms. The number of para-hydroxylation sites is 2. The molecule has 2 aliphatic rings. The fraction of sp³-hybridized carbons (Fsp3) is 0.209. The summed E-state index contributed by atoms with van der Waals surface area (Å²) in [4.78, 5) is 9.66. The molecule has 0 unspecified atom stereocenters. The fourth-order valence-electron chi connectivity index (χ4n) is 6.98. The van der Waals surface area contributed by atoms with Gasteiger partial charge in [-0.1, -0.05) is 87.8 Å². The minimum atomic E-state index is 0.600. The minimum absolute atomic E-state index is 0.600. The number of thioether (sulfide) groups is 1. The third-order valence-electron chi connectivity index (χ3n) is 9.48. The molecule has 5 aromatic rings. The van der Waals surface area contributed by atoms with Gasteiger partial charge in [-0.25, -0.2) is 15.4 Å². The van der Waals surface area contributed by atoms with E-state index in [1.807, 2.05) is 30.3 Å². The first-order chi connectivity index (χ1) is 28.1. The van der Waals surface area contributed by atoms with Gasteiger partial charge in [0, 0.05) is 77.0 Å². The topological polar surface area (TPSA) is 92.1 Å². The predicted octanol–water partition coefficient (Wildman–Crippen LogP) is 12.2. The monoisotopic (exact) mass is 837 g/mol. The van der Waals surface area contributed by atoms with Gasteiger partial charge in [-0.05, 0) is 97.5 Å². The van der Waals surface area contributed by atoms with Crippen LogP contribution in [-0.2, 0) is 25.3 Å². The van der Waals surface area contributed by atoms with Crippen LogP contribution in [0.2, 0.25) is 0 Å². The van der Waals surface area contributed by atoms with Crippen LogP contribution in [0, 0.1) is 13.5 Å². The second-order valence-corrected chi connectivity index (χ2v) is 16.8. The number of hydrogen-bond donors (Lipinski definition) is 2. The molecule has 7 rings (SSSR count). The third-order valence-corrected chi connectivity index (χ3v) is 13.0. The van der Waals surface area contributed by atoms with Crippen LogP contribution in [0.4, 0.5) is 22.7 Å². The van der Waals surface area contributed by atoms with Crippen molar-refractivity contribution in [3.8, 4) is 0 Å². The van der Waals surface area contributed by atoms with Gasteiger partial charge in [0.1, 0.15) is 4.70 Å². The largest absolute Gasteiger partial charge is 0.335 e. The molecule has 10 nitrogen and oxygen atoms in total. The molecule has 2 heterocycles. The summed E-state index contributed by atoms with van der Waals surface area (Å²) in [5.74, 6) is 1.28. The highest BCUT2D eigenvalue weighted by atomic mass is 32.2. The predicted molar refractivity (Wildman–Crippen MR) is 233 cm³/mol. The molecule has 1 aliphatic carbocycles. The van der Waals surface area contributed by atoms with Crippen molar-refractivity contribution in [1.82, 2.24) is 0 Å². The lowest BCUT2D eigenvalue weighted by atomic mass is 10.1. The summed E-state index contributed by atoms with van der Waals surface area (Å²) in [6.45, 7) is 11.2. The summed E-state index contributed by atoms with van der Waals surface area (Å²) in [6.07, 6.45) is 12.3. The molecule has 57 heavy (non-hydrogen) atoms. The molecular formula is C43H41N4O6S4+. The Balaban J connectivity index is 1.30. The van der Waals surface area contributed by atoms with E-state index in [-0.39, 0.29) is 0 Å². The SMILES string of the molecule is [C-]#[N+]c1ccc2sc(/C=C/C3=C(N(c4ccccc4)c4ccccc4)C(=C/C=C4\Sc5ccc(C)cc5N4CCCSOOO)/CC3)[n+](CCCSOOO)c2c1. The molecule has 1 aliphatic heterocycles. The molecule has 0 radical (unpaired) electrons. The maximum atomic E-state index is 8.58. The Kier molecular flexibility index (Phi) is 14.6. The number of benzene rings is 4. The van der Waals surface area contributed by atoms with Gasteiger partial charge in [0.05, 0.1) is 23.0 Å². The maximum absolute atomic E-state index is 8.58. The van der Waals surface area contributed by atoms with Crippen molar-refractivity contribution >= 4 is 86.2 Å². The molecule has 0 saturated carbocycles. The van der Waals surface area contributed by atoms with E-state index in [1.54, 1.807) is 23.1 Å². The van der Waals surface area contributed by atoms with Crippen molar-refractivity contribution in [2.75, 3.05) is 27.9 Å². The molecule has 0 saturated heterocycles. The Morgan fingerprint density at radius 3 is 2.28 bits per heavy atom. The van der Waals surface area contributed by atoms with Crippen LogP contribution in [0.25, 0.3) is 21.1 Å². The van der Waals surface area contributed by atoms with Crippen LogP contribution < -0.4 is 14.4 Å².